The monoisotopic (exact) mass is 339 g/mol. The molecule has 0 bridgehead atoms. The van der Waals surface area contributed by atoms with E-state index in [1.54, 1.807) is 11.3 Å². The van der Waals surface area contributed by atoms with Gasteiger partial charge in [0.15, 0.2) is 5.01 Å². The smallest absolute Gasteiger partial charge is 0.203 e. The van der Waals surface area contributed by atoms with Crippen LogP contribution in [0.2, 0.25) is 0 Å². The standard InChI is InChI=1S/C6H3Br2N3S2/c7-2-1-3(12-4(2)8)5-10-11-6(9)13-5/h1H,(H2,9,11). The normalized spacial score (nSPS) is 10.6. The fraction of sp³-hybridized carbons (Fsp3) is 0. The van der Waals surface area contributed by atoms with Crippen LogP contribution in [-0.4, -0.2) is 10.2 Å². The van der Waals surface area contributed by atoms with Crippen molar-refractivity contribution in [3.05, 3.63) is 14.3 Å². The van der Waals surface area contributed by atoms with E-state index < -0.39 is 0 Å². The van der Waals surface area contributed by atoms with Gasteiger partial charge in [-0.15, -0.1) is 21.5 Å². The van der Waals surface area contributed by atoms with Gasteiger partial charge in [-0.05, 0) is 37.9 Å². The number of nitrogen functional groups attached to an aromatic ring is 1. The molecule has 2 aromatic heterocycles. The van der Waals surface area contributed by atoms with Crippen LogP contribution < -0.4 is 5.73 Å². The van der Waals surface area contributed by atoms with E-state index in [1.165, 1.54) is 11.3 Å². The summed E-state index contributed by atoms with van der Waals surface area (Å²) in [6.07, 6.45) is 0. The summed E-state index contributed by atoms with van der Waals surface area (Å²) in [6, 6.07) is 1.99. The number of hydrogen-bond acceptors (Lipinski definition) is 5. The van der Waals surface area contributed by atoms with Gasteiger partial charge >= 0.3 is 0 Å². The van der Waals surface area contributed by atoms with Gasteiger partial charge < -0.3 is 5.73 Å². The van der Waals surface area contributed by atoms with Crippen molar-refractivity contribution in [2.24, 2.45) is 0 Å². The van der Waals surface area contributed by atoms with Crippen LogP contribution in [0.1, 0.15) is 0 Å². The maximum absolute atomic E-state index is 5.49. The average Bonchev–Trinajstić information content (AvgIpc) is 2.61. The Kier molecular flexibility index (Phi) is 2.68. The Balaban J connectivity index is 2.46. The van der Waals surface area contributed by atoms with Crippen LogP contribution in [0.3, 0.4) is 0 Å². The summed E-state index contributed by atoms with van der Waals surface area (Å²) in [5.41, 5.74) is 5.49. The minimum Gasteiger partial charge on any atom is -0.374 e. The van der Waals surface area contributed by atoms with Gasteiger partial charge in [-0.2, -0.15) is 0 Å². The Morgan fingerprint density at radius 3 is 2.46 bits per heavy atom. The Morgan fingerprint density at radius 1 is 1.23 bits per heavy atom. The second-order valence-electron chi connectivity index (χ2n) is 2.18. The van der Waals surface area contributed by atoms with Gasteiger partial charge in [0, 0.05) is 4.47 Å². The van der Waals surface area contributed by atoms with Crippen molar-refractivity contribution in [1.29, 1.82) is 0 Å². The molecule has 0 spiro atoms. The van der Waals surface area contributed by atoms with Crippen molar-refractivity contribution in [3.8, 4) is 9.88 Å². The Labute approximate surface area is 99.3 Å². The highest BCUT2D eigenvalue weighted by Crippen LogP contribution is 2.39. The lowest BCUT2D eigenvalue weighted by Crippen LogP contribution is -1.79. The molecule has 0 aliphatic rings. The molecule has 0 aliphatic heterocycles. The number of nitrogens with two attached hydrogens (primary N) is 1. The van der Waals surface area contributed by atoms with E-state index in [-0.39, 0.29) is 0 Å². The van der Waals surface area contributed by atoms with Gasteiger partial charge in [0.2, 0.25) is 5.13 Å². The molecule has 2 heterocycles. The Hall–Kier alpha value is 0.0200. The topological polar surface area (TPSA) is 51.8 Å². The van der Waals surface area contributed by atoms with E-state index >= 15 is 0 Å². The molecule has 0 aliphatic carbocycles. The minimum atomic E-state index is 0.496. The molecule has 0 saturated carbocycles. The lowest BCUT2D eigenvalue weighted by molar-refractivity contribution is 1.11. The molecule has 3 nitrogen and oxygen atoms in total. The molecule has 0 radical (unpaired) electrons. The fourth-order valence-corrected chi connectivity index (χ4v) is 3.47. The summed E-state index contributed by atoms with van der Waals surface area (Å²) in [4.78, 5) is 1.06. The zero-order chi connectivity index (χ0) is 9.42. The Bertz CT molecular complexity index is 417. The van der Waals surface area contributed by atoms with Crippen molar-refractivity contribution in [2.45, 2.75) is 0 Å². The third-order valence-electron chi connectivity index (χ3n) is 1.30. The molecular weight excluding hydrogens is 338 g/mol. The first kappa shape index (κ1) is 9.57. The lowest BCUT2D eigenvalue weighted by Gasteiger charge is -1.82. The van der Waals surface area contributed by atoms with Crippen molar-refractivity contribution >= 4 is 59.7 Å². The van der Waals surface area contributed by atoms with Gasteiger partial charge in [0.25, 0.3) is 0 Å². The second kappa shape index (κ2) is 3.64. The van der Waals surface area contributed by atoms with E-state index in [0.29, 0.717) is 5.13 Å². The first-order valence-corrected chi connectivity index (χ1v) is 6.43. The predicted molar refractivity (Wildman–Crippen MR) is 63.0 cm³/mol. The van der Waals surface area contributed by atoms with E-state index in [4.69, 9.17) is 5.73 Å². The van der Waals surface area contributed by atoms with Crippen LogP contribution in [0.25, 0.3) is 9.88 Å². The number of hydrogen-bond donors (Lipinski definition) is 1. The summed E-state index contributed by atoms with van der Waals surface area (Å²) in [5.74, 6) is 0. The number of halogens is 2. The number of anilines is 1. The van der Waals surface area contributed by atoms with Crippen molar-refractivity contribution < 1.29 is 0 Å². The van der Waals surface area contributed by atoms with Crippen LogP contribution in [-0.2, 0) is 0 Å². The quantitative estimate of drug-likeness (QED) is 0.865. The number of thiophene rings is 1. The molecule has 0 fully saturated rings. The minimum absolute atomic E-state index is 0.496. The van der Waals surface area contributed by atoms with E-state index in [1.807, 2.05) is 6.07 Å². The highest BCUT2D eigenvalue weighted by atomic mass is 79.9. The fourth-order valence-electron chi connectivity index (χ4n) is 0.786. The molecule has 2 N–H and O–H groups in total. The van der Waals surface area contributed by atoms with E-state index in [9.17, 15) is 0 Å². The first-order chi connectivity index (χ1) is 6.16. The maximum Gasteiger partial charge on any atom is 0.203 e. The third-order valence-corrected chi connectivity index (χ3v) is 5.47. The predicted octanol–water partition coefficient (Wildman–Crippen LogP) is 3.37. The van der Waals surface area contributed by atoms with Gasteiger partial charge in [-0.25, -0.2) is 0 Å². The molecule has 13 heavy (non-hydrogen) atoms. The van der Waals surface area contributed by atoms with Gasteiger partial charge in [-0.1, -0.05) is 11.3 Å². The van der Waals surface area contributed by atoms with Crippen LogP contribution in [0.15, 0.2) is 14.3 Å². The largest absolute Gasteiger partial charge is 0.374 e. The third kappa shape index (κ3) is 1.93. The van der Waals surface area contributed by atoms with Gasteiger partial charge in [0.05, 0.1) is 8.66 Å². The van der Waals surface area contributed by atoms with Crippen molar-refractivity contribution in [1.82, 2.24) is 10.2 Å². The number of aromatic nitrogens is 2. The molecule has 0 unspecified atom stereocenters. The number of nitrogens with zero attached hydrogens (tertiary/aromatic N) is 2. The highest BCUT2D eigenvalue weighted by Gasteiger charge is 2.10. The molecule has 7 heteroatoms. The Morgan fingerprint density at radius 2 is 2.00 bits per heavy atom. The van der Waals surface area contributed by atoms with Gasteiger partial charge in [-0.3, -0.25) is 0 Å². The van der Waals surface area contributed by atoms with Gasteiger partial charge in [0.1, 0.15) is 0 Å². The van der Waals surface area contributed by atoms with Crippen molar-refractivity contribution in [3.63, 3.8) is 0 Å². The zero-order valence-corrected chi connectivity index (χ0v) is 10.9. The maximum atomic E-state index is 5.49. The zero-order valence-electron chi connectivity index (χ0n) is 6.12. The SMILES string of the molecule is Nc1nnc(-c2cc(Br)c(Br)s2)s1. The van der Waals surface area contributed by atoms with Crippen molar-refractivity contribution in [2.75, 3.05) is 5.73 Å². The lowest BCUT2D eigenvalue weighted by atomic mass is 10.5. The summed E-state index contributed by atoms with van der Waals surface area (Å²) in [7, 11) is 0. The molecule has 0 atom stereocenters. The second-order valence-corrected chi connectivity index (χ2v) is 6.41. The molecule has 68 valence electrons. The van der Waals surface area contributed by atoms with E-state index in [2.05, 4.69) is 42.1 Å². The summed E-state index contributed by atoms with van der Waals surface area (Å²) < 4.78 is 2.08. The molecular formula is C6H3Br2N3S2. The molecule has 2 rings (SSSR count). The molecule has 0 aromatic carbocycles. The average molecular weight is 341 g/mol. The molecule has 0 saturated heterocycles. The molecule has 0 amide bonds. The first-order valence-electron chi connectivity index (χ1n) is 3.21. The van der Waals surface area contributed by atoms with Crippen LogP contribution in [0, 0.1) is 0 Å². The highest BCUT2D eigenvalue weighted by molar-refractivity contribution is 9.13. The van der Waals surface area contributed by atoms with Crippen LogP contribution >= 0.6 is 54.5 Å². The molecule has 2 aromatic rings. The van der Waals surface area contributed by atoms with E-state index in [0.717, 1.165) is 18.1 Å². The number of rotatable bonds is 1. The van der Waals surface area contributed by atoms with Crippen LogP contribution in [0.4, 0.5) is 5.13 Å². The van der Waals surface area contributed by atoms with Crippen LogP contribution in [0.5, 0.6) is 0 Å². The summed E-state index contributed by atoms with van der Waals surface area (Å²) >= 11 is 9.82. The summed E-state index contributed by atoms with van der Waals surface area (Å²) in [6.45, 7) is 0. The summed E-state index contributed by atoms with van der Waals surface area (Å²) in [5, 5.41) is 9.06.